The molecule has 0 aliphatic carbocycles. The molecule has 0 saturated carbocycles. The van der Waals surface area contributed by atoms with Crippen molar-refractivity contribution in [3.63, 3.8) is 0 Å². The standard InChI is InChI=1S/C36H37N3O3S/c1-5-33(36(42)37-29-19-17-27(18-20-29)24(2)3)43-31-16-10-15-30(23-31)38-35(41)32(22-26-12-9-11-25(4)21-26)39-34(40)28-13-7-6-8-14-28/h6-24,33H,5H2,1-4H3,(H,37,42)(H,38,41)(H,39,40)/b32-22+. The number of rotatable bonds is 11. The molecule has 0 bridgehead atoms. The minimum Gasteiger partial charge on any atom is -0.325 e. The van der Waals surface area contributed by atoms with Crippen molar-refractivity contribution in [2.24, 2.45) is 0 Å². The largest absolute Gasteiger partial charge is 0.325 e. The van der Waals surface area contributed by atoms with Crippen molar-refractivity contribution in [2.45, 2.75) is 50.2 Å². The van der Waals surface area contributed by atoms with Crippen LogP contribution in [0, 0.1) is 6.92 Å². The third-order valence-electron chi connectivity index (χ3n) is 6.76. The summed E-state index contributed by atoms with van der Waals surface area (Å²) in [7, 11) is 0. The fraction of sp³-hybridized carbons (Fsp3) is 0.194. The summed E-state index contributed by atoms with van der Waals surface area (Å²) in [6, 6.07) is 31.7. The summed E-state index contributed by atoms with van der Waals surface area (Å²) in [5.41, 5.74) is 4.93. The Balaban J connectivity index is 1.48. The van der Waals surface area contributed by atoms with Gasteiger partial charge in [0, 0.05) is 21.8 Å². The molecule has 6 nitrogen and oxygen atoms in total. The van der Waals surface area contributed by atoms with Gasteiger partial charge in [-0.1, -0.05) is 87.0 Å². The Labute approximate surface area is 258 Å². The van der Waals surface area contributed by atoms with Crippen LogP contribution in [-0.4, -0.2) is 23.0 Å². The van der Waals surface area contributed by atoms with Crippen molar-refractivity contribution >= 4 is 46.9 Å². The Hall–Kier alpha value is -4.62. The first-order valence-corrected chi connectivity index (χ1v) is 15.2. The van der Waals surface area contributed by atoms with Gasteiger partial charge in [-0.05, 0) is 78.9 Å². The lowest BCUT2D eigenvalue weighted by Gasteiger charge is -2.16. The van der Waals surface area contributed by atoms with E-state index >= 15 is 0 Å². The monoisotopic (exact) mass is 591 g/mol. The molecule has 43 heavy (non-hydrogen) atoms. The maximum Gasteiger partial charge on any atom is 0.272 e. The number of hydrogen-bond donors (Lipinski definition) is 3. The SMILES string of the molecule is CCC(Sc1cccc(NC(=O)/C(=C\c2cccc(C)c2)NC(=O)c2ccccc2)c1)C(=O)Nc1ccc(C(C)C)cc1. The molecule has 4 rings (SSSR count). The molecule has 0 aliphatic rings. The van der Waals surface area contributed by atoms with Gasteiger partial charge in [-0.25, -0.2) is 0 Å². The fourth-order valence-electron chi connectivity index (χ4n) is 4.38. The zero-order valence-corrected chi connectivity index (χ0v) is 25.7. The molecule has 220 valence electrons. The molecule has 1 atom stereocenters. The van der Waals surface area contributed by atoms with Gasteiger partial charge in [-0.3, -0.25) is 14.4 Å². The topological polar surface area (TPSA) is 87.3 Å². The van der Waals surface area contributed by atoms with Gasteiger partial charge in [0.25, 0.3) is 11.8 Å². The first-order chi connectivity index (χ1) is 20.7. The number of benzene rings is 4. The molecule has 3 N–H and O–H groups in total. The molecule has 0 saturated heterocycles. The highest BCUT2D eigenvalue weighted by Crippen LogP contribution is 2.29. The van der Waals surface area contributed by atoms with Crippen LogP contribution in [0.4, 0.5) is 11.4 Å². The van der Waals surface area contributed by atoms with E-state index in [9.17, 15) is 14.4 Å². The number of anilines is 2. The van der Waals surface area contributed by atoms with Gasteiger partial charge in [-0.2, -0.15) is 0 Å². The van der Waals surface area contributed by atoms with E-state index in [0.29, 0.717) is 23.6 Å². The minimum absolute atomic E-state index is 0.0776. The van der Waals surface area contributed by atoms with Crippen LogP contribution in [0.15, 0.2) is 114 Å². The molecular formula is C36H37N3O3S. The van der Waals surface area contributed by atoms with Gasteiger partial charge < -0.3 is 16.0 Å². The summed E-state index contributed by atoms with van der Waals surface area (Å²) in [4.78, 5) is 40.3. The number of nitrogens with one attached hydrogen (secondary N) is 3. The van der Waals surface area contributed by atoms with Gasteiger partial charge in [0.15, 0.2) is 0 Å². The van der Waals surface area contributed by atoms with Crippen molar-refractivity contribution in [2.75, 3.05) is 10.6 Å². The second kappa shape index (κ2) is 15.0. The zero-order chi connectivity index (χ0) is 30.8. The highest BCUT2D eigenvalue weighted by molar-refractivity contribution is 8.00. The summed E-state index contributed by atoms with van der Waals surface area (Å²) >= 11 is 1.44. The van der Waals surface area contributed by atoms with E-state index in [1.807, 2.05) is 86.6 Å². The van der Waals surface area contributed by atoms with Crippen molar-refractivity contribution in [1.82, 2.24) is 5.32 Å². The zero-order valence-electron chi connectivity index (χ0n) is 24.9. The molecule has 4 aromatic rings. The van der Waals surface area contributed by atoms with Crippen LogP contribution in [-0.2, 0) is 9.59 Å². The summed E-state index contributed by atoms with van der Waals surface area (Å²) < 4.78 is 0. The van der Waals surface area contributed by atoms with E-state index in [4.69, 9.17) is 0 Å². The molecule has 7 heteroatoms. The van der Waals surface area contributed by atoms with Gasteiger partial charge in [0.2, 0.25) is 5.91 Å². The lowest BCUT2D eigenvalue weighted by atomic mass is 10.0. The first kappa shape index (κ1) is 31.3. The van der Waals surface area contributed by atoms with E-state index in [2.05, 4.69) is 29.8 Å². The molecule has 3 amide bonds. The number of thioether (sulfide) groups is 1. The lowest BCUT2D eigenvalue weighted by Crippen LogP contribution is -2.30. The van der Waals surface area contributed by atoms with Crippen molar-refractivity contribution < 1.29 is 14.4 Å². The smallest absolute Gasteiger partial charge is 0.272 e. The molecule has 0 radical (unpaired) electrons. The van der Waals surface area contributed by atoms with E-state index < -0.39 is 5.91 Å². The van der Waals surface area contributed by atoms with Gasteiger partial charge in [0.05, 0.1) is 5.25 Å². The first-order valence-electron chi connectivity index (χ1n) is 14.4. The molecule has 0 aliphatic heterocycles. The number of aryl methyl sites for hydroxylation is 1. The van der Waals surface area contributed by atoms with Gasteiger partial charge in [0.1, 0.15) is 5.70 Å². The number of carbonyl (C=O) groups is 3. The van der Waals surface area contributed by atoms with E-state index in [0.717, 1.165) is 21.7 Å². The van der Waals surface area contributed by atoms with Crippen LogP contribution in [0.2, 0.25) is 0 Å². The van der Waals surface area contributed by atoms with Crippen LogP contribution in [0.5, 0.6) is 0 Å². The predicted molar refractivity (Wildman–Crippen MR) is 177 cm³/mol. The Kier molecular flexibility index (Phi) is 10.9. The Morgan fingerprint density at radius 3 is 2.19 bits per heavy atom. The molecule has 0 heterocycles. The second-order valence-electron chi connectivity index (χ2n) is 10.6. The summed E-state index contributed by atoms with van der Waals surface area (Å²) in [6.07, 6.45) is 2.29. The third kappa shape index (κ3) is 9.18. The van der Waals surface area contributed by atoms with E-state index in [-0.39, 0.29) is 22.8 Å². The molecule has 1 unspecified atom stereocenters. The van der Waals surface area contributed by atoms with Crippen molar-refractivity contribution in [3.8, 4) is 0 Å². The Bertz CT molecular complexity index is 1600. The summed E-state index contributed by atoms with van der Waals surface area (Å²) in [5, 5.41) is 8.39. The van der Waals surface area contributed by atoms with Crippen LogP contribution < -0.4 is 16.0 Å². The van der Waals surface area contributed by atoms with Gasteiger partial charge in [-0.15, -0.1) is 11.8 Å². The second-order valence-corrected chi connectivity index (χ2v) is 11.8. The van der Waals surface area contributed by atoms with Crippen molar-refractivity contribution in [1.29, 1.82) is 0 Å². The minimum atomic E-state index is -0.456. The summed E-state index contributed by atoms with van der Waals surface area (Å²) in [5.74, 6) is -0.492. The molecule has 0 spiro atoms. The normalized spacial score (nSPS) is 12.0. The van der Waals surface area contributed by atoms with Crippen LogP contribution in [0.25, 0.3) is 6.08 Å². The highest BCUT2D eigenvalue weighted by Gasteiger charge is 2.19. The number of hydrogen-bond acceptors (Lipinski definition) is 4. The summed E-state index contributed by atoms with van der Waals surface area (Å²) in [6.45, 7) is 8.21. The molecule has 0 fully saturated rings. The average Bonchev–Trinajstić information content (AvgIpc) is 3.00. The Morgan fingerprint density at radius 2 is 1.51 bits per heavy atom. The van der Waals surface area contributed by atoms with E-state index in [1.165, 1.54) is 17.3 Å². The Morgan fingerprint density at radius 1 is 0.791 bits per heavy atom. The number of amides is 3. The number of carbonyl (C=O) groups excluding carboxylic acids is 3. The van der Waals surface area contributed by atoms with Crippen LogP contribution >= 0.6 is 11.8 Å². The quantitative estimate of drug-likeness (QED) is 0.122. The molecule has 0 aromatic heterocycles. The predicted octanol–water partition coefficient (Wildman–Crippen LogP) is 8.04. The average molecular weight is 592 g/mol. The third-order valence-corrected chi connectivity index (χ3v) is 8.12. The maximum absolute atomic E-state index is 13.5. The van der Waals surface area contributed by atoms with Gasteiger partial charge >= 0.3 is 0 Å². The molecule has 4 aromatic carbocycles. The van der Waals surface area contributed by atoms with Crippen molar-refractivity contribution in [3.05, 3.63) is 131 Å². The van der Waals surface area contributed by atoms with E-state index in [1.54, 1.807) is 36.4 Å². The lowest BCUT2D eigenvalue weighted by molar-refractivity contribution is -0.116. The molecular weight excluding hydrogens is 554 g/mol. The van der Waals surface area contributed by atoms with Crippen LogP contribution in [0.3, 0.4) is 0 Å². The van der Waals surface area contributed by atoms with Crippen LogP contribution in [0.1, 0.15) is 60.2 Å². The fourth-order valence-corrected chi connectivity index (χ4v) is 5.39. The highest BCUT2D eigenvalue weighted by atomic mass is 32.2. The maximum atomic E-state index is 13.5.